The van der Waals surface area contributed by atoms with Crippen LogP contribution in [0.25, 0.3) is 0 Å². The van der Waals surface area contributed by atoms with Gasteiger partial charge in [0.15, 0.2) is 5.60 Å². The van der Waals surface area contributed by atoms with Crippen molar-refractivity contribution >= 4 is 6.09 Å². The van der Waals surface area contributed by atoms with Crippen molar-refractivity contribution in [2.45, 2.75) is 77.1 Å². The van der Waals surface area contributed by atoms with Crippen molar-refractivity contribution in [1.29, 1.82) is 0 Å². The van der Waals surface area contributed by atoms with Gasteiger partial charge in [-0.05, 0) is 41.0 Å². The lowest BCUT2D eigenvalue weighted by atomic mass is 9.89. The van der Waals surface area contributed by atoms with Crippen LogP contribution in [0.5, 0.6) is 0 Å². The molecule has 2 atom stereocenters. The van der Waals surface area contributed by atoms with Gasteiger partial charge in [0, 0.05) is 0 Å². The number of hydrogen-bond acceptors (Lipinski definition) is 4. The molecule has 1 N–H and O–H groups in total. The van der Waals surface area contributed by atoms with Crippen molar-refractivity contribution < 1.29 is 32.5 Å². The summed E-state index contributed by atoms with van der Waals surface area (Å²) in [5, 5.41) is 10.2. The molecule has 5 nitrogen and oxygen atoms in total. The molecule has 1 heterocycles. The number of carbonyl (C=O) groups is 1. The predicted octanol–water partition coefficient (Wildman–Crippen LogP) is 3.06. The van der Waals surface area contributed by atoms with E-state index >= 15 is 0 Å². The number of alkyl halides is 3. The van der Waals surface area contributed by atoms with Crippen molar-refractivity contribution in [2.24, 2.45) is 0 Å². The van der Waals surface area contributed by atoms with Crippen LogP contribution in [0.1, 0.15) is 48.0 Å². The predicted molar refractivity (Wildman–Crippen MR) is 73.2 cm³/mol. The summed E-state index contributed by atoms with van der Waals surface area (Å²) in [6.45, 7) is 8.55. The maximum absolute atomic E-state index is 13.3. The Morgan fingerprint density at radius 1 is 1.36 bits per heavy atom. The van der Waals surface area contributed by atoms with E-state index in [9.17, 15) is 23.1 Å². The highest BCUT2D eigenvalue weighted by Gasteiger charge is 2.64. The SMILES string of the molecule is CC[C@@](O)([C@@H]1COC(C)(C)N1C(=O)OC(C)(C)C)C(F)(F)F. The van der Waals surface area contributed by atoms with Crippen LogP contribution in [0, 0.1) is 0 Å². The first-order valence-corrected chi connectivity index (χ1v) is 7.11. The molecule has 22 heavy (non-hydrogen) atoms. The first-order chi connectivity index (χ1) is 9.66. The summed E-state index contributed by atoms with van der Waals surface area (Å²) in [4.78, 5) is 13.2. The van der Waals surface area contributed by atoms with E-state index in [1.54, 1.807) is 20.8 Å². The van der Waals surface area contributed by atoms with Crippen molar-refractivity contribution in [2.75, 3.05) is 6.61 Å². The fourth-order valence-corrected chi connectivity index (χ4v) is 2.44. The van der Waals surface area contributed by atoms with Gasteiger partial charge in [0.2, 0.25) is 0 Å². The number of carbonyl (C=O) groups excluding carboxylic acids is 1. The maximum atomic E-state index is 13.3. The summed E-state index contributed by atoms with van der Waals surface area (Å²) in [6.07, 6.45) is -6.44. The van der Waals surface area contributed by atoms with Gasteiger partial charge < -0.3 is 14.6 Å². The average molecular weight is 327 g/mol. The van der Waals surface area contributed by atoms with Gasteiger partial charge in [0.1, 0.15) is 11.3 Å². The Morgan fingerprint density at radius 3 is 2.23 bits per heavy atom. The zero-order chi connectivity index (χ0) is 17.6. The van der Waals surface area contributed by atoms with Crippen LogP contribution in [0.2, 0.25) is 0 Å². The summed E-state index contributed by atoms with van der Waals surface area (Å²) in [5.41, 5.74) is -5.23. The minimum atomic E-state index is -4.89. The molecule has 130 valence electrons. The van der Waals surface area contributed by atoms with Gasteiger partial charge in [-0.2, -0.15) is 13.2 Å². The fourth-order valence-electron chi connectivity index (χ4n) is 2.44. The monoisotopic (exact) mass is 327 g/mol. The first-order valence-electron chi connectivity index (χ1n) is 7.11. The Kier molecular flexibility index (Phi) is 4.81. The molecule has 0 saturated carbocycles. The Morgan fingerprint density at radius 2 is 1.86 bits per heavy atom. The van der Waals surface area contributed by atoms with E-state index in [1.165, 1.54) is 20.8 Å². The molecular weight excluding hydrogens is 303 g/mol. The molecule has 1 saturated heterocycles. The highest BCUT2D eigenvalue weighted by molar-refractivity contribution is 5.70. The van der Waals surface area contributed by atoms with E-state index in [4.69, 9.17) is 9.47 Å². The topological polar surface area (TPSA) is 59.0 Å². The molecule has 0 aromatic carbocycles. The van der Waals surface area contributed by atoms with E-state index in [2.05, 4.69) is 0 Å². The third kappa shape index (κ3) is 3.48. The maximum Gasteiger partial charge on any atom is 0.419 e. The van der Waals surface area contributed by atoms with E-state index in [1.807, 2.05) is 0 Å². The molecule has 1 amide bonds. The number of ether oxygens (including phenoxy) is 2. The lowest BCUT2D eigenvalue weighted by Gasteiger charge is -2.42. The number of halogens is 3. The van der Waals surface area contributed by atoms with Crippen LogP contribution in [0.3, 0.4) is 0 Å². The van der Waals surface area contributed by atoms with Gasteiger partial charge in [-0.25, -0.2) is 4.79 Å². The summed E-state index contributed by atoms with van der Waals surface area (Å²) < 4.78 is 50.4. The van der Waals surface area contributed by atoms with Crippen LogP contribution in [-0.4, -0.2) is 51.9 Å². The number of hydrogen-bond donors (Lipinski definition) is 1. The third-order valence-corrected chi connectivity index (χ3v) is 3.66. The molecule has 1 aliphatic rings. The van der Waals surface area contributed by atoms with E-state index in [0.717, 1.165) is 4.90 Å². The highest BCUT2D eigenvalue weighted by atomic mass is 19.4. The standard InChI is InChI=1S/C14H24F3NO4/c1-7-13(20,14(15,16)17)9-8-21-12(5,6)18(9)10(19)22-11(2,3)4/h9,20H,7-8H2,1-6H3/t9-,13+/m0/s1. The van der Waals surface area contributed by atoms with Crippen molar-refractivity contribution in [1.82, 2.24) is 4.90 Å². The lowest BCUT2D eigenvalue weighted by molar-refractivity contribution is -0.278. The van der Waals surface area contributed by atoms with Gasteiger partial charge in [-0.1, -0.05) is 6.92 Å². The summed E-state index contributed by atoms with van der Waals surface area (Å²) in [6, 6.07) is -1.57. The molecule has 0 aromatic rings. The molecule has 1 aliphatic heterocycles. The highest BCUT2D eigenvalue weighted by Crippen LogP contribution is 2.43. The molecule has 0 radical (unpaired) electrons. The minimum absolute atomic E-state index is 0.421. The number of aliphatic hydroxyl groups is 1. The lowest BCUT2D eigenvalue weighted by Crippen LogP contribution is -2.63. The second-order valence-electron chi connectivity index (χ2n) is 6.90. The molecule has 0 unspecified atom stereocenters. The van der Waals surface area contributed by atoms with Gasteiger partial charge in [-0.15, -0.1) is 0 Å². The van der Waals surface area contributed by atoms with Gasteiger partial charge in [-0.3, -0.25) is 4.90 Å². The van der Waals surface area contributed by atoms with E-state index in [0.29, 0.717) is 0 Å². The van der Waals surface area contributed by atoms with Gasteiger partial charge in [0.05, 0.1) is 12.6 Å². The number of amides is 1. The third-order valence-electron chi connectivity index (χ3n) is 3.66. The normalized spacial score (nSPS) is 25.0. The van der Waals surface area contributed by atoms with Crippen LogP contribution >= 0.6 is 0 Å². The quantitative estimate of drug-likeness (QED) is 0.847. The van der Waals surface area contributed by atoms with Crippen molar-refractivity contribution in [3.63, 3.8) is 0 Å². The van der Waals surface area contributed by atoms with Gasteiger partial charge in [0.25, 0.3) is 0 Å². The number of rotatable bonds is 2. The van der Waals surface area contributed by atoms with Gasteiger partial charge >= 0.3 is 12.3 Å². The Bertz CT molecular complexity index is 431. The molecule has 1 rings (SSSR count). The zero-order valence-electron chi connectivity index (χ0n) is 13.7. The zero-order valence-corrected chi connectivity index (χ0v) is 13.7. The van der Waals surface area contributed by atoms with Crippen molar-refractivity contribution in [3.8, 4) is 0 Å². The molecular formula is C14H24F3NO4. The molecule has 0 bridgehead atoms. The van der Waals surface area contributed by atoms with E-state index < -0.39 is 48.3 Å². The average Bonchev–Trinajstić information content (AvgIpc) is 2.60. The molecule has 0 aromatic heterocycles. The fraction of sp³-hybridized carbons (Fsp3) is 0.929. The second-order valence-corrected chi connectivity index (χ2v) is 6.90. The summed E-state index contributed by atoms with van der Waals surface area (Å²) >= 11 is 0. The van der Waals surface area contributed by atoms with Crippen molar-refractivity contribution in [3.05, 3.63) is 0 Å². The summed E-state index contributed by atoms with van der Waals surface area (Å²) in [5.74, 6) is 0. The molecule has 0 spiro atoms. The van der Waals surface area contributed by atoms with Crippen LogP contribution in [0.4, 0.5) is 18.0 Å². The van der Waals surface area contributed by atoms with Crippen LogP contribution in [0.15, 0.2) is 0 Å². The largest absolute Gasteiger partial charge is 0.444 e. The summed E-state index contributed by atoms with van der Waals surface area (Å²) in [7, 11) is 0. The minimum Gasteiger partial charge on any atom is -0.444 e. The van der Waals surface area contributed by atoms with Crippen LogP contribution in [-0.2, 0) is 9.47 Å². The Balaban J connectivity index is 3.22. The second kappa shape index (κ2) is 5.56. The molecule has 0 aliphatic carbocycles. The molecule has 1 fully saturated rings. The number of nitrogens with zero attached hydrogens (tertiary/aromatic N) is 1. The van der Waals surface area contributed by atoms with E-state index in [-0.39, 0.29) is 0 Å². The first kappa shape index (κ1) is 19.0. The smallest absolute Gasteiger partial charge is 0.419 e. The Labute approximate surface area is 128 Å². The molecule has 8 heteroatoms. The van der Waals surface area contributed by atoms with Crippen LogP contribution < -0.4 is 0 Å². The Hall–Kier alpha value is -1.02.